The van der Waals surface area contributed by atoms with E-state index in [0.717, 1.165) is 16.0 Å². The van der Waals surface area contributed by atoms with Crippen molar-refractivity contribution in [3.63, 3.8) is 0 Å². The van der Waals surface area contributed by atoms with E-state index in [-0.39, 0.29) is 10.6 Å². The smallest absolute Gasteiger partial charge is 0.270 e. The molecular weight excluding hydrogens is 320 g/mol. The molecule has 0 unspecified atom stereocenters. The van der Waals surface area contributed by atoms with Crippen LogP contribution in [0.1, 0.15) is 44.6 Å². The molecular formula is C15H21BrN2O2. The molecule has 0 aliphatic heterocycles. The Balaban J connectivity index is 1.94. The van der Waals surface area contributed by atoms with Crippen LogP contribution in [0, 0.1) is 16.0 Å². The highest BCUT2D eigenvalue weighted by Crippen LogP contribution is 2.27. The van der Waals surface area contributed by atoms with Gasteiger partial charge < -0.3 is 5.32 Å². The molecule has 0 spiro atoms. The molecule has 2 rings (SSSR count). The molecule has 1 atom stereocenters. The van der Waals surface area contributed by atoms with E-state index in [1.165, 1.54) is 38.2 Å². The van der Waals surface area contributed by atoms with Crippen LogP contribution in [0.5, 0.6) is 0 Å². The average Bonchev–Trinajstić information content (AvgIpc) is 2.45. The Morgan fingerprint density at radius 3 is 2.70 bits per heavy atom. The minimum Gasteiger partial charge on any atom is -0.310 e. The van der Waals surface area contributed by atoms with Crippen molar-refractivity contribution in [1.82, 2.24) is 5.32 Å². The van der Waals surface area contributed by atoms with Gasteiger partial charge in [-0.15, -0.1) is 0 Å². The van der Waals surface area contributed by atoms with E-state index in [1.807, 2.05) is 6.07 Å². The second-order valence-corrected chi connectivity index (χ2v) is 6.56. The van der Waals surface area contributed by atoms with Crippen LogP contribution in [-0.2, 0) is 6.54 Å². The first-order valence-corrected chi connectivity index (χ1v) is 8.03. The SMILES string of the molecule is C[C@H](NCc1cc(Br)cc([N+](=O)[O-])c1)C1CCCCC1. The minimum absolute atomic E-state index is 0.140. The third-order valence-electron chi connectivity index (χ3n) is 4.14. The Kier molecular flexibility index (Phi) is 5.54. The summed E-state index contributed by atoms with van der Waals surface area (Å²) in [7, 11) is 0. The van der Waals surface area contributed by atoms with Crippen LogP contribution in [0.15, 0.2) is 22.7 Å². The van der Waals surface area contributed by atoms with E-state index in [4.69, 9.17) is 0 Å². The zero-order chi connectivity index (χ0) is 14.5. The van der Waals surface area contributed by atoms with Gasteiger partial charge in [-0.05, 0) is 37.3 Å². The van der Waals surface area contributed by atoms with E-state index in [2.05, 4.69) is 28.2 Å². The third kappa shape index (κ3) is 4.28. The highest BCUT2D eigenvalue weighted by Gasteiger charge is 2.19. The van der Waals surface area contributed by atoms with Crippen LogP contribution < -0.4 is 5.32 Å². The Morgan fingerprint density at radius 2 is 2.05 bits per heavy atom. The molecule has 1 aromatic carbocycles. The van der Waals surface area contributed by atoms with Crippen molar-refractivity contribution < 1.29 is 4.92 Å². The van der Waals surface area contributed by atoms with Gasteiger partial charge in [-0.25, -0.2) is 0 Å². The van der Waals surface area contributed by atoms with Crippen molar-refractivity contribution in [2.75, 3.05) is 0 Å². The van der Waals surface area contributed by atoms with Crippen molar-refractivity contribution in [3.05, 3.63) is 38.3 Å². The number of hydrogen-bond donors (Lipinski definition) is 1. The normalized spacial score (nSPS) is 17.9. The maximum absolute atomic E-state index is 10.9. The number of hydrogen-bond acceptors (Lipinski definition) is 3. The Morgan fingerprint density at radius 1 is 1.35 bits per heavy atom. The first-order chi connectivity index (χ1) is 9.56. The number of rotatable bonds is 5. The van der Waals surface area contributed by atoms with Crippen LogP contribution >= 0.6 is 15.9 Å². The van der Waals surface area contributed by atoms with E-state index < -0.39 is 0 Å². The predicted molar refractivity (Wildman–Crippen MR) is 83.7 cm³/mol. The van der Waals surface area contributed by atoms with Gasteiger partial charge in [0.15, 0.2) is 0 Å². The number of nitro groups is 1. The van der Waals surface area contributed by atoms with Crippen molar-refractivity contribution in [2.45, 2.75) is 51.6 Å². The zero-order valence-corrected chi connectivity index (χ0v) is 13.4. The highest BCUT2D eigenvalue weighted by molar-refractivity contribution is 9.10. The van der Waals surface area contributed by atoms with Crippen LogP contribution in [0.25, 0.3) is 0 Å². The summed E-state index contributed by atoms with van der Waals surface area (Å²) in [5.41, 5.74) is 1.09. The molecule has 0 aromatic heterocycles. The van der Waals surface area contributed by atoms with Crippen molar-refractivity contribution in [2.24, 2.45) is 5.92 Å². The average molecular weight is 341 g/mol. The van der Waals surface area contributed by atoms with Gasteiger partial charge in [0, 0.05) is 29.2 Å². The molecule has 110 valence electrons. The summed E-state index contributed by atoms with van der Waals surface area (Å²) >= 11 is 3.33. The molecule has 1 fully saturated rings. The van der Waals surface area contributed by atoms with Crippen LogP contribution in [0.3, 0.4) is 0 Å². The molecule has 1 N–H and O–H groups in total. The lowest BCUT2D eigenvalue weighted by Gasteiger charge is -2.28. The first kappa shape index (κ1) is 15.4. The van der Waals surface area contributed by atoms with Gasteiger partial charge in [-0.1, -0.05) is 35.2 Å². The summed E-state index contributed by atoms with van der Waals surface area (Å²) in [6, 6.07) is 5.58. The Bertz CT molecular complexity index is 473. The van der Waals surface area contributed by atoms with Gasteiger partial charge in [0.25, 0.3) is 5.69 Å². The fourth-order valence-corrected chi connectivity index (χ4v) is 3.45. The molecule has 1 saturated carbocycles. The second kappa shape index (κ2) is 7.18. The summed E-state index contributed by atoms with van der Waals surface area (Å²) in [5, 5.41) is 14.4. The maximum atomic E-state index is 10.9. The lowest BCUT2D eigenvalue weighted by molar-refractivity contribution is -0.385. The number of halogens is 1. The van der Waals surface area contributed by atoms with Crippen molar-refractivity contribution in [1.29, 1.82) is 0 Å². The van der Waals surface area contributed by atoms with Crippen LogP contribution in [0.4, 0.5) is 5.69 Å². The van der Waals surface area contributed by atoms with E-state index >= 15 is 0 Å². The van der Waals surface area contributed by atoms with E-state index in [0.29, 0.717) is 12.6 Å². The first-order valence-electron chi connectivity index (χ1n) is 7.23. The van der Waals surface area contributed by atoms with Gasteiger partial charge in [0.2, 0.25) is 0 Å². The third-order valence-corrected chi connectivity index (χ3v) is 4.60. The van der Waals surface area contributed by atoms with Crippen LogP contribution in [0.2, 0.25) is 0 Å². The summed E-state index contributed by atoms with van der Waals surface area (Å²) in [6.07, 6.45) is 6.62. The topological polar surface area (TPSA) is 55.2 Å². The quantitative estimate of drug-likeness (QED) is 0.637. The maximum Gasteiger partial charge on any atom is 0.270 e. The van der Waals surface area contributed by atoms with Gasteiger partial charge in [0.05, 0.1) is 4.92 Å². The monoisotopic (exact) mass is 340 g/mol. The Hall–Kier alpha value is -0.940. The highest BCUT2D eigenvalue weighted by atomic mass is 79.9. The summed E-state index contributed by atoms with van der Waals surface area (Å²) < 4.78 is 0.758. The molecule has 4 nitrogen and oxygen atoms in total. The largest absolute Gasteiger partial charge is 0.310 e. The fourth-order valence-electron chi connectivity index (χ4n) is 2.92. The molecule has 1 aliphatic rings. The zero-order valence-electron chi connectivity index (χ0n) is 11.8. The molecule has 0 radical (unpaired) electrons. The molecule has 20 heavy (non-hydrogen) atoms. The predicted octanol–water partition coefficient (Wildman–Crippen LogP) is 4.42. The Labute approximate surface area is 128 Å². The number of nitrogens with one attached hydrogen (secondary N) is 1. The number of nitrogens with zero attached hydrogens (tertiary/aromatic N) is 1. The molecule has 5 heteroatoms. The van der Waals surface area contributed by atoms with Gasteiger partial charge in [-0.3, -0.25) is 10.1 Å². The number of benzene rings is 1. The lowest BCUT2D eigenvalue weighted by Crippen LogP contribution is -2.34. The van der Waals surface area contributed by atoms with E-state index in [9.17, 15) is 10.1 Å². The molecule has 0 bridgehead atoms. The summed E-state index contributed by atoms with van der Waals surface area (Å²) in [6.45, 7) is 2.90. The summed E-state index contributed by atoms with van der Waals surface area (Å²) in [4.78, 5) is 10.5. The molecule has 0 heterocycles. The summed E-state index contributed by atoms with van der Waals surface area (Å²) in [5.74, 6) is 0.742. The standard InChI is InChI=1S/C15H21BrN2O2/c1-11(13-5-3-2-4-6-13)17-10-12-7-14(16)9-15(8-12)18(19)20/h7-9,11,13,17H,2-6,10H2,1H3/t11-/m0/s1. The molecule has 1 aromatic rings. The van der Waals surface area contributed by atoms with Gasteiger partial charge in [0.1, 0.15) is 0 Å². The fraction of sp³-hybridized carbons (Fsp3) is 0.600. The molecule has 0 saturated heterocycles. The lowest BCUT2D eigenvalue weighted by atomic mass is 9.84. The number of nitro benzene ring substituents is 1. The van der Waals surface area contributed by atoms with Crippen molar-refractivity contribution >= 4 is 21.6 Å². The van der Waals surface area contributed by atoms with E-state index in [1.54, 1.807) is 6.07 Å². The second-order valence-electron chi connectivity index (χ2n) is 5.64. The minimum atomic E-state index is -0.348. The molecule has 0 amide bonds. The van der Waals surface area contributed by atoms with Gasteiger partial charge >= 0.3 is 0 Å². The van der Waals surface area contributed by atoms with Crippen molar-refractivity contribution in [3.8, 4) is 0 Å². The van der Waals surface area contributed by atoms with Gasteiger partial charge in [-0.2, -0.15) is 0 Å². The molecule has 1 aliphatic carbocycles. The van der Waals surface area contributed by atoms with Crippen LogP contribution in [-0.4, -0.2) is 11.0 Å². The number of non-ortho nitro benzene ring substituents is 1.